The number of hydrogen-bond donors (Lipinski definition) is 4. The largest absolute Gasteiger partial charge is 0.478 e. The lowest BCUT2D eigenvalue weighted by molar-refractivity contribution is 0.0679. The molecule has 0 spiro atoms. The molecular formula is C24H28O8. The van der Waals surface area contributed by atoms with E-state index in [0.717, 1.165) is 6.07 Å². The lowest BCUT2D eigenvalue weighted by Crippen LogP contribution is -2.06. The molecule has 3 rings (SSSR count). The molecule has 8 nitrogen and oxygen atoms in total. The third kappa shape index (κ3) is 8.22. The molecule has 0 aliphatic heterocycles. The zero-order valence-corrected chi connectivity index (χ0v) is 18.1. The Hall–Kier alpha value is -3.68. The second-order valence-electron chi connectivity index (χ2n) is 7.33. The van der Waals surface area contributed by atoms with Crippen LogP contribution in [0, 0.1) is 13.8 Å². The molecule has 1 fully saturated rings. The van der Waals surface area contributed by atoms with E-state index in [-0.39, 0.29) is 22.3 Å². The molecule has 0 saturated heterocycles. The maximum absolute atomic E-state index is 10.7. The first-order chi connectivity index (χ1) is 15.1. The summed E-state index contributed by atoms with van der Waals surface area (Å²) in [5.41, 5.74) is 1.25. The van der Waals surface area contributed by atoms with Crippen molar-refractivity contribution < 1.29 is 39.6 Å². The molecular weight excluding hydrogens is 416 g/mol. The van der Waals surface area contributed by atoms with Crippen molar-refractivity contribution in [1.82, 2.24) is 0 Å². The van der Waals surface area contributed by atoms with Gasteiger partial charge in [-0.15, -0.1) is 0 Å². The maximum Gasteiger partial charge on any atom is 0.335 e. The Labute approximate surface area is 186 Å². The highest BCUT2D eigenvalue weighted by molar-refractivity contribution is 5.95. The van der Waals surface area contributed by atoms with E-state index in [0.29, 0.717) is 11.1 Å². The van der Waals surface area contributed by atoms with Crippen LogP contribution in [-0.4, -0.2) is 44.3 Å². The molecule has 1 saturated carbocycles. The summed E-state index contributed by atoms with van der Waals surface area (Å²) in [6.45, 7) is 3.20. The van der Waals surface area contributed by atoms with Gasteiger partial charge in [-0.05, 0) is 55.3 Å². The number of rotatable bonds is 4. The number of carbonyl (C=O) groups is 4. The van der Waals surface area contributed by atoms with Crippen molar-refractivity contribution in [1.29, 1.82) is 0 Å². The lowest BCUT2D eigenvalue weighted by Gasteiger charge is -2.07. The van der Waals surface area contributed by atoms with Crippen LogP contribution in [0.4, 0.5) is 0 Å². The minimum atomic E-state index is -1.13. The zero-order valence-electron chi connectivity index (χ0n) is 18.1. The van der Waals surface area contributed by atoms with Gasteiger partial charge in [0.25, 0.3) is 0 Å². The van der Waals surface area contributed by atoms with Gasteiger partial charge in [0.2, 0.25) is 0 Å². The Morgan fingerprint density at radius 2 is 0.875 bits per heavy atom. The van der Waals surface area contributed by atoms with Crippen molar-refractivity contribution >= 4 is 23.9 Å². The van der Waals surface area contributed by atoms with Crippen LogP contribution in [0.5, 0.6) is 0 Å². The Balaban J connectivity index is 0.000000257. The van der Waals surface area contributed by atoms with Gasteiger partial charge in [0.15, 0.2) is 0 Å². The van der Waals surface area contributed by atoms with Crippen molar-refractivity contribution in [2.75, 3.05) is 0 Å². The van der Waals surface area contributed by atoms with Crippen LogP contribution in [0.3, 0.4) is 0 Å². The molecule has 0 atom stereocenters. The monoisotopic (exact) mass is 444 g/mol. The summed E-state index contributed by atoms with van der Waals surface area (Å²) < 4.78 is 0. The van der Waals surface area contributed by atoms with Crippen molar-refractivity contribution in [2.45, 2.75) is 52.4 Å². The second kappa shape index (κ2) is 12.9. The summed E-state index contributed by atoms with van der Waals surface area (Å²) in [6.07, 6.45) is 9.00. The van der Waals surface area contributed by atoms with Gasteiger partial charge in [-0.2, -0.15) is 0 Å². The van der Waals surface area contributed by atoms with Crippen LogP contribution in [0.15, 0.2) is 36.4 Å². The van der Waals surface area contributed by atoms with E-state index in [9.17, 15) is 19.2 Å². The Kier molecular flexibility index (Phi) is 10.6. The van der Waals surface area contributed by atoms with Crippen LogP contribution in [0.2, 0.25) is 0 Å². The molecule has 0 heterocycles. The molecule has 0 amide bonds. The summed E-state index contributed by atoms with van der Waals surface area (Å²) in [6, 6.07) is 7.82. The van der Waals surface area contributed by atoms with Crippen LogP contribution in [-0.2, 0) is 0 Å². The molecule has 1 aliphatic carbocycles. The highest BCUT2D eigenvalue weighted by Crippen LogP contribution is 2.18. The first kappa shape index (κ1) is 26.4. The fourth-order valence-corrected chi connectivity index (χ4v) is 3.13. The van der Waals surface area contributed by atoms with Crippen molar-refractivity contribution in [3.05, 3.63) is 69.8 Å². The van der Waals surface area contributed by atoms with Gasteiger partial charge in [0, 0.05) is 0 Å². The van der Waals surface area contributed by atoms with E-state index in [1.807, 2.05) is 0 Å². The molecule has 0 unspecified atom stereocenters. The van der Waals surface area contributed by atoms with Crippen LogP contribution >= 0.6 is 0 Å². The maximum atomic E-state index is 10.7. The normalized spacial score (nSPS) is 12.3. The smallest absolute Gasteiger partial charge is 0.335 e. The fourth-order valence-electron chi connectivity index (χ4n) is 3.13. The molecule has 0 radical (unpaired) electrons. The summed E-state index contributed by atoms with van der Waals surface area (Å²) in [4.78, 5) is 42.2. The Bertz CT molecular complexity index is 894. The summed E-state index contributed by atoms with van der Waals surface area (Å²) >= 11 is 0. The third-order valence-corrected chi connectivity index (χ3v) is 5.10. The number of aromatic carboxylic acids is 4. The summed E-state index contributed by atoms with van der Waals surface area (Å²) in [7, 11) is 0. The van der Waals surface area contributed by atoms with E-state index < -0.39 is 23.9 Å². The lowest BCUT2D eigenvalue weighted by atomic mass is 9.98. The van der Waals surface area contributed by atoms with Gasteiger partial charge in [-0.3, -0.25) is 0 Å². The van der Waals surface area contributed by atoms with E-state index in [2.05, 4.69) is 0 Å². The van der Waals surface area contributed by atoms with Crippen molar-refractivity contribution in [3.8, 4) is 0 Å². The van der Waals surface area contributed by atoms with E-state index in [4.69, 9.17) is 20.4 Å². The molecule has 32 heavy (non-hydrogen) atoms. The van der Waals surface area contributed by atoms with Gasteiger partial charge in [-0.25, -0.2) is 19.2 Å². The van der Waals surface area contributed by atoms with Gasteiger partial charge in [-0.1, -0.05) is 44.6 Å². The van der Waals surface area contributed by atoms with E-state index in [1.165, 1.54) is 68.9 Å². The predicted molar refractivity (Wildman–Crippen MR) is 118 cm³/mol. The predicted octanol–water partition coefficient (Wildman–Crippen LogP) is 5.12. The molecule has 0 bridgehead atoms. The van der Waals surface area contributed by atoms with Gasteiger partial charge in [0.05, 0.1) is 22.3 Å². The van der Waals surface area contributed by atoms with Crippen LogP contribution in [0.25, 0.3) is 0 Å². The average Bonchev–Trinajstić information content (AvgIpc) is 2.77. The minimum Gasteiger partial charge on any atom is -0.478 e. The van der Waals surface area contributed by atoms with E-state index >= 15 is 0 Å². The Morgan fingerprint density at radius 3 is 1.12 bits per heavy atom. The summed E-state index contributed by atoms with van der Waals surface area (Å²) in [5.74, 6) is -4.33. The number of hydrogen-bond acceptors (Lipinski definition) is 4. The third-order valence-electron chi connectivity index (χ3n) is 5.10. The van der Waals surface area contributed by atoms with Crippen molar-refractivity contribution in [3.63, 3.8) is 0 Å². The second-order valence-corrected chi connectivity index (χ2v) is 7.33. The first-order valence-electron chi connectivity index (χ1n) is 10.2. The minimum absolute atomic E-state index is 0.0186. The SMILES string of the molecule is C1CCCCC1.Cc1c(C(=O)O)ccc(C(=O)O)c1C.O=C(O)c1cccc(C(=O)O)c1. The molecule has 172 valence electrons. The molecule has 4 N–H and O–H groups in total. The standard InChI is InChI=1S/C10H10O4.C8H6O4.C6H12/c1-5-6(2)8(10(13)14)4-3-7(5)9(11)12;9-7(10)5-2-1-3-6(4-5)8(11)12;1-2-4-6-5-3-1/h3-4H,1-2H3,(H,11,12)(H,13,14);1-4H,(H,9,10)(H,11,12);1-6H2. The highest BCUT2D eigenvalue weighted by atomic mass is 16.4. The Morgan fingerprint density at radius 1 is 0.562 bits per heavy atom. The molecule has 0 aromatic heterocycles. The molecule has 1 aliphatic rings. The quantitative estimate of drug-likeness (QED) is 0.507. The van der Waals surface area contributed by atoms with Gasteiger partial charge in [0.1, 0.15) is 0 Å². The molecule has 2 aromatic rings. The van der Waals surface area contributed by atoms with Crippen LogP contribution in [0.1, 0.15) is 91.1 Å². The topological polar surface area (TPSA) is 149 Å². The highest BCUT2D eigenvalue weighted by Gasteiger charge is 2.14. The fraction of sp³-hybridized carbons (Fsp3) is 0.333. The number of carboxylic acid groups (broad SMARTS) is 4. The molecule has 8 heteroatoms. The van der Waals surface area contributed by atoms with Crippen molar-refractivity contribution in [2.24, 2.45) is 0 Å². The number of benzene rings is 2. The summed E-state index contributed by atoms with van der Waals surface area (Å²) in [5, 5.41) is 34.5. The van der Waals surface area contributed by atoms with Gasteiger partial charge >= 0.3 is 23.9 Å². The zero-order chi connectivity index (χ0) is 24.3. The van der Waals surface area contributed by atoms with Crippen LogP contribution < -0.4 is 0 Å². The average molecular weight is 444 g/mol. The van der Waals surface area contributed by atoms with Gasteiger partial charge < -0.3 is 20.4 Å². The molecule has 2 aromatic carbocycles. The first-order valence-corrected chi connectivity index (χ1v) is 10.2. The number of carboxylic acids is 4. The van der Waals surface area contributed by atoms with E-state index in [1.54, 1.807) is 13.8 Å².